The molecule has 0 saturated carbocycles. The second-order valence-corrected chi connectivity index (χ2v) is 2.77. The molecular weight excluding hydrogens is 164 g/mol. The van der Waals surface area contributed by atoms with Crippen molar-refractivity contribution in [2.45, 2.75) is 19.1 Å². The molecule has 0 bridgehead atoms. The third-order valence-electron chi connectivity index (χ3n) is 1.92. The summed E-state index contributed by atoms with van der Waals surface area (Å²) < 4.78 is 4.54. The molecule has 0 aliphatic carbocycles. The van der Waals surface area contributed by atoms with E-state index in [2.05, 4.69) is 4.74 Å². The topological polar surface area (TPSA) is 83.8 Å². The molecule has 12 heavy (non-hydrogen) atoms. The molecule has 0 aromatic carbocycles. The molecule has 1 fully saturated rings. The fraction of sp³-hybridized carbons (Fsp3) is 0.714. The number of esters is 1. The van der Waals surface area contributed by atoms with Crippen LogP contribution in [0.3, 0.4) is 0 Å². The number of rotatable bonds is 2. The lowest BCUT2D eigenvalue weighted by Gasteiger charge is -2.16. The second-order valence-electron chi connectivity index (χ2n) is 2.77. The van der Waals surface area contributed by atoms with Crippen molar-refractivity contribution in [3.63, 3.8) is 0 Å². The van der Waals surface area contributed by atoms with Gasteiger partial charge in [-0.3, -0.25) is 4.79 Å². The third-order valence-corrected chi connectivity index (χ3v) is 1.92. The standard InChI is InChI=1S/C7H10O5/c1-3-5(10)7(11)12-6(3)4(9)2-8/h3-4,6,8-9H,2H2,1H3. The number of ketones is 1. The molecule has 3 atom stereocenters. The molecule has 68 valence electrons. The van der Waals surface area contributed by atoms with Crippen molar-refractivity contribution in [3.05, 3.63) is 0 Å². The summed E-state index contributed by atoms with van der Waals surface area (Å²) in [7, 11) is 0. The summed E-state index contributed by atoms with van der Waals surface area (Å²) >= 11 is 0. The Kier molecular flexibility index (Phi) is 2.44. The first kappa shape index (κ1) is 9.15. The van der Waals surface area contributed by atoms with Crippen LogP contribution in [0.2, 0.25) is 0 Å². The Morgan fingerprint density at radius 3 is 2.50 bits per heavy atom. The van der Waals surface area contributed by atoms with E-state index in [1.807, 2.05) is 0 Å². The Balaban J connectivity index is 2.70. The van der Waals surface area contributed by atoms with Gasteiger partial charge >= 0.3 is 5.97 Å². The van der Waals surface area contributed by atoms with Gasteiger partial charge in [-0.15, -0.1) is 0 Å². The van der Waals surface area contributed by atoms with E-state index in [-0.39, 0.29) is 0 Å². The average Bonchev–Trinajstić information content (AvgIpc) is 2.32. The van der Waals surface area contributed by atoms with Gasteiger partial charge in [-0.05, 0) is 0 Å². The summed E-state index contributed by atoms with van der Waals surface area (Å²) in [5, 5.41) is 17.6. The first-order valence-corrected chi connectivity index (χ1v) is 3.61. The molecule has 0 spiro atoms. The highest BCUT2D eigenvalue weighted by molar-refractivity contribution is 6.36. The van der Waals surface area contributed by atoms with Gasteiger partial charge < -0.3 is 14.9 Å². The Hall–Kier alpha value is -0.940. The number of carbonyl (C=O) groups is 2. The van der Waals surface area contributed by atoms with E-state index in [4.69, 9.17) is 10.2 Å². The third kappa shape index (κ3) is 1.33. The maximum atomic E-state index is 10.9. The minimum absolute atomic E-state index is 0.518. The van der Waals surface area contributed by atoms with Crippen LogP contribution in [0.25, 0.3) is 0 Å². The monoisotopic (exact) mass is 174 g/mol. The van der Waals surface area contributed by atoms with Gasteiger partial charge in [0.1, 0.15) is 12.2 Å². The van der Waals surface area contributed by atoms with E-state index in [1.165, 1.54) is 6.92 Å². The molecule has 1 aliphatic rings. The predicted octanol–water partition coefficient (Wildman–Crippen LogP) is -1.53. The van der Waals surface area contributed by atoms with Gasteiger partial charge in [0, 0.05) is 0 Å². The molecule has 2 N–H and O–H groups in total. The van der Waals surface area contributed by atoms with Crippen molar-refractivity contribution in [2.24, 2.45) is 5.92 Å². The zero-order chi connectivity index (χ0) is 9.30. The highest BCUT2D eigenvalue weighted by Crippen LogP contribution is 2.20. The van der Waals surface area contributed by atoms with Crippen LogP contribution in [0.1, 0.15) is 6.92 Å². The minimum atomic E-state index is -1.17. The lowest BCUT2D eigenvalue weighted by Crippen LogP contribution is -2.34. The zero-order valence-corrected chi connectivity index (χ0v) is 6.56. The van der Waals surface area contributed by atoms with E-state index in [0.717, 1.165) is 0 Å². The molecule has 0 amide bonds. The molecule has 1 rings (SSSR count). The smallest absolute Gasteiger partial charge is 0.375 e. The first-order chi connectivity index (χ1) is 5.57. The van der Waals surface area contributed by atoms with Crippen LogP contribution >= 0.6 is 0 Å². The van der Waals surface area contributed by atoms with Gasteiger partial charge in [-0.1, -0.05) is 6.92 Å². The number of aliphatic hydroxyl groups is 2. The van der Waals surface area contributed by atoms with Crippen molar-refractivity contribution >= 4 is 11.8 Å². The van der Waals surface area contributed by atoms with Crippen molar-refractivity contribution < 1.29 is 24.5 Å². The first-order valence-electron chi connectivity index (χ1n) is 3.61. The Morgan fingerprint density at radius 2 is 2.17 bits per heavy atom. The molecule has 1 saturated heterocycles. The molecule has 1 aliphatic heterocycles. The van der Waals surface area contributed by atoms with Gasteiger partial charge in [0.05, 0.1) is 12.5 Å². The van der Waals surface area contributed by atoms with Crippen LogP contribution < -0.4 is 0 Å². The molecule has 3 unspecified atom stereocenters. The molecule has 0 aromatic rings. The van der Waals surface area contributed by atoms with Gasteiger partial charge in [-0.2, -0.15) is 0 Å². The van der Waals surface area contributed by atoms with Gasteiger partial charge in [0.25, 0.3) is 0 Å². The quantitative estimate of drug-likeness (QED) is 0.392. The van der Waals surface area contributed by atoms with Gasteiger partial charge in [0.2, 0.25) is 5.78 Å². The highest BCUT2D eigenvalue weighted by Gasteiger charge is 2.43. The van der Waals surface area contributed by atoms with E-state index in [0.29, 0.717) is 0 Å². The second kappa shape index (κ2) is 3.20. The molecule has 0 aromatic heterocycles. The summed E-state index contributed by atoms with van der Waals surface area (Å²) in [5.41, 5.74) is 0. The number of carbonyl (C=O) groups excluding carboxylic acids is 2. The van der Waals surface area contributed by atoms with Crippen LogP contribution in [0.5, 0.6) is 0 Å². The van der Waals surface area contributed by atoms with Crippen molar-refractivity contribution in [3.8, 4) is 0 Å². The number of Topliss-reactive ketones (excluding diaryl/α,β-unsaturated/α-hetero) is 1. The van der Waals surface area contributed by atoms with E-state index in [9.17, 15) is 9.59 Å². The summed E-state index contributed by atoms with van der Waals surface area (Å²) in [6.07, 6.45) is -2.06. The highest BCUT2D eigenvalue weighted by atomic mass is 16.6. The predicted molar refractivity (Wildman–Crippen MR) is 37.1 cm³/mol. The lowest BCUT2D eigenvalue weighted by molar-refractivity contribution is -0.151. The fourth-order valence-corrected chi connectivity index (χ4v) is 1.13. The zero-order valence-electron chi connectivity index (χ0n) is 6.56. The molecule has 1 heterocycles. The average molecular weight is 174 g/mol. The summed E-state index contributed by atoms with van der Waals surface area (Å²) in [6, 6.07) is 0. The van der Waals surface area contributed by atoms with Crippen molar-refractivity contribution in [1.29, 1.82) is 0 Å². The van der Waals surface area contributed by atoms with Gasteiger partial charge in [-0.25, -0.2) is 4.79 Å². The molecule has 0 radical (unpaired) electrons. The summed E-state index contributed by atoms with van der Waals surface area (Å²) in [5.74, 6) is -2.24. The van der Waals surface area contributed by atoms with Crippen molar-refractivity contribution in [1.82, 2.24) is 0 Å². The number of hydrogen-bond donors (Lipinski definition) is 2. The molecule has 5 heteroatoms. The Labute approximate surface area is 68.9 Å². The lowest BCUT2D eigenvalue weighted by atomic mass is 9.99. The van der Waals surface area contributed by atoms with E-state index in [1.54, 1.807) is 0 Å². The van der Waals surface area contributed by atoms with E-state index >= 15 is 0 Å². The van der Waals surface area contributed by atoms with Crippen molar-refractivity contribution in [2.75, 3.05) is 6.61 Å². The number of ether oxygens (including phenoxy) is 1. The minimum Gasteiger partial charge on any atom is -0.453 e. The van der Waals surface area contributed by atoms with Crippen LogP contribution in [0, 0.1) is 5.92 Å². The normalized spacial score (nSPS) is 31.9. The Bertz CT molecular complexity index is 212. The molecule has 5 nitrogen and oxygen atoms in total. The fourth-order valence-electron chi connectivity index (χ4n) is 1.13. The van der Waals surface area contributed by atoms with Crippen LogP contribution in [-0.2, 0) is 14.3 Å². The number of hydrogen-bond acceptors (Lipinski definition) is 5. The SMILES string of the molecule is CC1C(=O)C(=O)OC1C(O)CO. The number of cyclic esters (lactones) is 1. The van der Waals surface area contributed by atoms with E-state index < -0.39 is 36.5 Å². The van der Waals surface area contributed by atoms with Crippen LogP contribution in [0.15, 0.2) is 0 Å². The maximum absolute atomic E-state index is 10.9. The summed E-state index contributed by atoms with van der Waals surface area (Å²) in [6.45, 7) is 0.965. The summed E-state index contributed by atoms with van der Waals surface area (Å²) in [4.78, 5) is 21.5. The molecular formula is C7H10O5. The maximum Gasteiger partial charge on any atom is 0.375 e. The number of aliphatic hydroxyl groups excluding tert-OH is 2. The van der Waals surface area contributed by atoms with Gasteiger partial charge in [0.15, 0.2) is 0 Å². The van der Waals surface area contributed by atoms with Crippen LogP contribution in [-0.4, -0.2) is 40.8 Å². The Morgan fingerprint density at radius 1 is 1.58 bits per heavy atom. The largest absolute Gasteiger partial charge is 0.453 e. The van der Waals surface area contributed by atoms with Crippen LogP contribution in [0.4, 0.5) is 0 Å².